The average Bonchev–Trinajstić information content (AvgIpc) is 2.91. The third-order valence-corrected chi connectivity index (χ3v) is 5.20. The number of hydrazone groups is 2. The SMILES string of the molecule is COc1ccc(C)cc1Nc1nc(NN=C(C)c2ccncc2)cc(NN=C(C)c2ccncc2)n1. The smallest absolute Gasteiger partial charge is 0.231 e. The fourth-order valence-corrected chi connectivity index (χ4v) is 3.26. The minimum atomic E-state index is 0.347. The van der Waals surface area contributed by atoms with Crippen LogP contribution in [0.3, 0.4) is 0 Å². The predicted octanol–water partition coefficient (Wildman–Crippen LogP) is 5.00. The summed E-state index contributed by atoms with van der Waals surface area (Å²) in [7, 11) is 1.62. The van der Waals surface area contributed by atoms with Gasteiger partial charge in [0.2, 0.25) is 5.95 Å². The molecular weight excluding hydrogens is 454 g/mol. The van der Waals surface area contributed by atoms with E-state index in [0.29, 0.717) is 23.3 Å². The van der Waals surface area contributed by atoms with Crippen LogP contribution in [-0.4, -0.2) is 38.5 Å². The zero-order valence-electron chi connectivity index (χ0n) is 20.5. The summed E-state index contributed by atoms with van der Waals surface area (Å²) in [5.41, 5.74) is 11.3. The molecule has 0 aliphatic rings. The highest BCUT2D eigenvalue weighted by molar-refractivity contribution is 5.99. The van der Waals surface area contributed by atoms with Crippen molar-refractivity contribution in [3.05, 3.63) is 90.0 Å². The zero-order valence-corrected chi connectivity index (χ0v) is 20.5. The Hall–Kier alpha value is -4.86. The van der Waals surface area contributed by atoms with Gasteiger partial charge in [-0.15, -0.1) is 0 Å². The summed E-state index contributed by atoms with van der Waals surface area (Å²) in [5.74, 6) is 1.98. The van der Waals surface area contributed by atoms with E-state index in [1.54, 1.807) is 38.0 Å². The van der Waals surface area contributed by atoms with Gasteiger partial charge >= 0.3 is 0 Å². The van der Waals surface area contributed by atoms with Crippen LogP contribution in [0.15, 0.2) is 83.5 Å². The van der Waals surface area contributed by atoms with Gasteiger partial charge in [0.25, 0.3) is 0 Å². The highest BCUT2D eigenvalue weighted by Gasteiger charge is 2.09. The number of nitrogens with one attached hydrogen (secondary N) is 3. The highest BCUT2D eigenvalue weighted by atomic mass is 16.5. The van der Waals surface area contributed by atoms with Crippen molar-refractivity contribution in [1.29, 1.82) is 0 Å². The molecule has 3 aromatic heterocycles. The van der Waals surface area contributed by atoms with Crippen LogP contribution in [0.5, 0.6) is 5.75 Å². The molecule has 4 aromatic rings. The third-order valence-electron chi connectivity index (χ3n) is 5.20. The molecule has 1 aromatic carbocycles. The van der Waals surface area contributed by atoms with Gasteiger partial charge in [-0.2, -0.15) is 20.2 Å². The molecule has 0 unspecified atom stereocenters. The summed E-state index contributed by atoms with van der Waals surface area (Å²) in [6.45, 7) is 5.81. The Labute approximate surface area is 209 Å². The van der Waals surface area contributed by atoms with Crippen molar-refractivity contribution < 1.29 is 4.74 Å². The third kappa shape index (κ3) is 6.38. The number of ether oxygens (including phenoxy) is 1. The van der Waals surface area contributed by atoms with E-state index in [4.69, 9.17) is 4.74 Å². The molecule has 0 radical (unpaired) electrons. The second kappa shape index (κ2) is 11.5. The fourth-order valence-electron chi connectivity index (χ4n) is 3.26. The molecule has 0 amide bonds. The maximum atomic E-state index is 5.49. The first-order valence-corrected chi connectivity index (χ1v) is 11.2. The first-order chi connectivity index (χ1) is 17.5. The lowest BCUT2D eigenvalue weighted by atomic mass is 10.2. The van der Waals surface area contributed by atoms with E-state index in [1.165, 1.54) is 0 Å². The van der Waals surface area contributed by atoms with Crippen LogP contribution in [0, 0.1) is 6.92 Å². The van der Waals surface area contributed by atoms with Crippen LogP contribution in [0.25, 0.3) is 0 Å². The number of hydrogen-bond donors (Lipinski definition) is 3. The van der Waals surface area contributed by atoms with Crippen molar-refractivity contribution in [2.75, 3.05) is 23.3 Å². The number of rotatable bonds is 9. The largest absolute Gasteiger partial charge is 0.495 e. The molecule has 0 aliphatic carbocycles. The average molecular weight is 482 g/mol. The number of pyridine rings is 2. The minimum absolute atomic E-state index is 0.347. The fraction of sp³-hybridized carbons (Fsp3) is 0.154. The molecule has 0 fully saturated rings. The van der Waals surface area contributed by atoms with Gasteiger partial charge in [0.05, 0.1) is 24.2 Å². The van der Waals surface area contributed by atoms with Crippen molar-refractivity contribution in [2.45, 2.75) is 20.8 Å². The first kappa shape index (κ1) is 24.3. The topological polar surface area (TPSA) is 122 Å². The van der Waals surface area contributed by atoms with Crippen LogP contribution in [0.4, 0.5) is 23.3 Å². The Bertz CT molecular complexity index is 1300. The van der Waals surface area contributed by atoms with Gasteiger partial charge in [0, 0.05) is 42.0 Å². The molecule has 10 heteroatoms. The second-order valence-corrected chi connectivity index (χ2v) is 7.88. The van der Waals surface area contributed by atoms with E-state index in [1.807, 2.05) is 63.2 Å². The van der Waals surface area contributed by atoms with E-state index >= 15 is 0 Å². The summed E-state index contributed by atoms with van der Waals surface area (Å²) in [6.07, 6.45) is 6.89. The predicted molar refractivity (Wildman–Crippen MR) is 143 cm³/mol. The van der Waals surface area contributed by atoms with Gasteiger partial charge in [-0.25, -0.2) is 0 Å². The summed E-state index contributed by atoms with van der Waals surface area (Å²) < 4.78 is 5.49. The highest BCUT2D eigenvalue weighted by Crippen LogP contribution is 2.28. The van der Waals surface area contributed by atoms with Gasteiger partial charge in [-0.1, -0.05) is 6.07 Å². The summed E-state index contributed by atoms with van der Waals surface area (Å²) in [4.78, 5) is 17.3. The van der Waals surface area contributed by atoms with Crippen LogP contribution < -0.4 is 20.9 Å². The number of aromatic nitrogens is 4. The molecule has 0 bridgehead atoms. The molecular formula is C26H27N9O. The van der Waals surface area contributed by atoms with Crippen LogP contribution in [-0.2, 0) is 0 Å². The molecule has 36 heavy (non-hydrogen) atoms. The van der Waals surface area contributed by atoms with Gasteiger partial charge in [-0.3, -0.25) is 20.8 Å². The van der Waals surface area contributed by atoms with Crippen molar-refractivity contribution in [3.8, 4) is 5.75 Å². The van der Waals surface area contributed by atoms with Crippen LogP contribution >= 0.6 is 0 Å². The zero-order chi connectivity index (χ0) is 25.3. The molecule has 182 valence electrons. The number of methoxy groups -OCH3 is 1. The van der Waals surface area contributed by atoms with Crippen LogP contribution in [0.2, 0.25) is 0 Å². The van der Waals surface area contributed by atoms with Crippen molar-refractivity contribution >= 4 is 34.7 Å². The van der Waals surface area contributed by atoms with Gasteiger partial charge in [0.15, 0.2) is 11.6 Å². The summed E-state index contributed by atoms with van der Waals surface area (Å²) >= 11 is 0. The minimum Gasteiger partial charge on any atom is -0.495 e. The van der Waals surface area contributed by atoms with Crippen molar-refractivity contribution in [3.63, 3.8) is 0 Å². The van der Waals surface area contributed by atoms with Crippen LogP contribution in [0.1, 0.15) is 30.5 Å². The van der Waals surface area contributed by atoms with Gasteiger partial charge in [0.1, 0.15) is 5.75 Å². The number of hydrogen-bond acceptors (Lipinski definition) is 10. The lowest BCUT2D eigenvalue weighted by Gasteiger charge is -2.13. The van der Waals surface area contributed by atoms with Crippen molar-refractivity contribution in [2.24, 2.45) is 10.2 Å². The number of nitrogens with zero attached hydrogens (tertiary/aromatic N) is 6. The molecule has 0 saturated carbocycles. The number of anilines is 4. The quantitative estimate of drug-likeness (QED) is 0.226. The lowest BCUT2D eigenvalue weighted by Crippen LogP contribution is -2.07. The van der Waals surface area contributed by atoms with Gasteiger partial charge < -0.3 is 10.1 Å². The molecule has 0 spiro atoms. The molecule has 0 aliphatic heterocycles. The maximum absolute atomic E-state index is 5.49. The van der Waals surface area contributed by atoms with E-state index in [-0.39, 0.29) is 0 Å². The maximum Gasteiger partial charge on any atom is 0.231 e. The molecule has 4 rings (SSSR count). The standard InChI is InChI=1S/C26H27N9O/c1-17-5-6-23(36-4)22(15-17)29-26-30-24(34-32-18(2)20-7-11-27-12-8-20)16-25(31-26)35-33-19(3)21-9-13-28-14-10-21/h5-16H,1-4H3,(H3,29,30,31,34,35). The Morgan fingerprint density at radius 1 is 0.750 bits per heavy atom. The first-order valence-electron chi connectivity index (χ1n) is 11.2. The summed E-state index contributed by atoms with van der Waals surface area (Å²) in [6, 6.07) is 15.1. The van der Waals surface area contributed by atoms with E-state index < -0.39 is 0 Å². The molecule has 3 heterocycles. The Morgan fingerprint density at radius 2 is 1.28 bits per heavy atom. The molecule has 0 atom stereocenters. The second-order valence-electron chi connectivity index (χ2n) is 7.88. The monoisotopic (exact) mass is 481 g/mol. The van der Waals surface area contributed by atoms with Crippen molar-refractivity contribution in [1.82, 2.24) is 19.9 Å². The van der Waals surface area contributed by atoms with Gasteiger partial charge in [-0.05, 0) is 62.7 Å². The van der Waals surface area contributed by atoms with E-state index in [0.717, 1.165) is 33.8 Å². The molecule has 0 saturated heterocycles. The number of aryl methyl sites for hydroxylation is 1. The van der Waals surface area contributed by atoms with E-state index in [9.17, 15) is 0 Å². The molecule has 10 nitrogen and oxygen atoms in total. The summed E-state index contributed by atoms with van der Waals surface area (Å²) in [5, 5.41) is 12.2. The number of benzene rings is 1. The Kier molecular flexibility index (Phi) is 7.76. The van der Waals surface area contributed by atoms with E-state index in [2.05, 4.69) is 46.3 Å². The normalized spacial score (nSPS) is 11.7. The molecule has 3 N–H and O–H groups in total. The Morgan fingerprint density at radius 3 is 1.78 bits per heavy atom. The Balaban J connectivity index is 1.64. The lowest BCUT2D eigenvalue weighted by molar-refractivity contribution is 0.416.